The monoisotopic (exact) mass is 399 g/mol. The molecule has 0 spiro atoms. The second-order valence-corrected chi connectivity index (χ2v) is 7.97. The average Bonchev–Trinajstić information content (AvgIpc) is 3.32. The van der Waals surface area contributed by atoms with E-state index >= 15 is 0 Å². The second-order valence-electron chi connectivity index (χ2n) is 6.97. The molecule has 0 unspecified atom stereocenters. The quantitative estimate of drug-likeness (QED) is 0.572. The molecule has 0 saturated carbocycles. The summed E-state index contributed by atoms with van der Waals surface area (Å²) in [4.78, 5) is 22.2. The SMILES string of the molecule is CCN(CC)CCN(C(=O)c1ccn(CC)n1)c1nc2c(C)cc(C)cc2s1. The van der Waals surface area contributed by atoms with Crippen LogP contribution in [0, 0.1) is 13.8 Å². The predicted molar refractivity (Wildman–Crippen MR) is 116 cm³/mol. The Bertz CT molecular complexity index is 957. The predicted octanol–water partition coefficient (Wildman–Crippen LogP) is 4.12. The molecule has 7 heteroatoms. The first-order valence-electron chi connectivity index (χ1n) is 9.92. The molecule has 3 rings (SSSR count). The Labute approximate surface area is 170 Å². The van der Waals surface area contributed by atoms with Gasteiger partial charge in [0, 0.05) is 25.8 Å². The molecule has 28 heavy (non-hydrogen) atoms. The standard InChI is InChI=1S/C21H29N5OS/c1-6-24(7-2)11-12-26(20(27)17-9-10-25(8-3)23-17)21-22-19-16(5)13-15(4)14-18(19)28-21/h9-10,13-14H,6-8,11-12H2,1-5H3. The molecule has 2 aromatic heterocycles. The lowest BCUT2D eigenvalue weighted by Crippen LogP contribution is -2.39. The van der Waals surface area contributed by atoms with E-state index in [4.69, 9.17) is 4.98 Å². The number of fused-ring (bicyclic) bond motifs is 1. The molecule has 0 atom stereocenters. The summed E-state index contributed by atoms with van der Waals surface area (Å²) < 4.78 is 2.90. The lowest BCUT2D eigenvalue weighted by molar-refractivity contribution is 0.0978. The van der Waals surface area contributed by atoms with Crippen molar-refractivity contribution in [2.75, 3.05) is 31.1 Å². The number of nitrogens with zero attached hydrogens (tertiary/aromatic N) is 5. The number of amides is 1. The summed E-state index contributed by atoms with van der Waals surface area (Å²) in [7, 11) is 0. The maximum absolute atomic E-state index is 13.3. The second kappa shape index (κ2) is 8.84. The zero-order valence-corrected chi connectivity index (χ0v) is 18.2. The van der Waals surface area contributed by atoms with Gasteiger partial charge in [0.25, 0.3) is 5.91 Å². The molecule has 1 aromatic carbocycles. The number of rotatable bonds is 8. The van der Waals surface area contributed by atoms with Crippen LogP contribution in [0.4, 0.5) is 5.13 Å². The van der Waals surface area contributed by atoms with Crippen LogP contribution in [0.15, 0.2) is 24.4 Å². The molecule has 0 aliphatic carbocycles. The summed E-state index contributed by atoms with van der Waals surface area (Å²) in [6, 6.07) is 6.07. The third-order valence-corrected chi connectivity index (χ3v) is 6.04. The van der Waals surface area contributed by atoms with E-state index in [0.29, 0.717) is 12.2 Å². The third-order valence-electron chi connectivity index (χ3n) is 5.01. The summed E-state index contributed by atoms with van der Waals surface area (Å²) in [5.41, 5.74) is 3.80. The van der Waals surface area contributed by atoms with E-state index in [0.717, 1.165) is 47.1 Å². The number of benzene rings is 1. The van der Waals surface area contributed by atoms with Crippen LogP contribution in [-0.4, -0.2) is 51.8 Å². The van der Waals surface area contributed by atoms with Crippen molar-refractivity contribution in [1.29, 1.82) is 0 Å². The molecule has 0 saturated heterocycles. The lowest BCUT2D eigenvalue weighted by atomic mass is 10.1. The molecule has 1 amide bonds. The van der Waals surface area contributed by atoms with Crippen LogP contribution in [0.25, 0.3) is 10.2 Å². The molecule has 0 N–H and O–H groups in total. The minimum Gasteiger partial charge on any atom is -0.302 e. The molecular weight excluding hydrogens is 370 g/mol. The first-order valence-corrected chi connectivity index (χ1v) is 10.7. The number of hydrogen-bond acceptors (Lipinski definition) is 5. The van der Waals surface area contributed by atoms with E-state index in [2.05, 4.69) is 49.8 Å². The molecule has 0 aliphatic heterocycles. The van der Waals surface area contributed by atoms with Crippen LogP contribution < -0.4 is 4.90 Å². The number of thiazole rings is 1. The Hall–Kier alpha value is -2.25. The summed E-state index contributed by atoms with van der Waals surface area (Å²) in [5.74, 6) is -0.0900. The van der Waals surface area contributed by atoms with Gasteiger partial charge in [-0.25, -0.2) is 4.98 Å². The molecule has 6 nitrogen and oxygen atoms in total. The normalized spacial score (nSPS) is 11.5. The molecule has 0 aliphatic rings. The number of carbonyl (C=O) groups excluding carboxylic acids is 1. The highest BCUT2D eigenvalue weighted by Crippen LogP contribution is 2.32. The summed E-state index contributed by atoms with van der Waals surface area (Å²) >= 11 is 1.58. The number of likely N-dealkylation sites (N-methyl/N-ethyl adjacent to an activating group) is 1. The molecule has 3 aromatic rings. The summed E-state index contributed by atoms with van der Waals surface area (Å²) in [6.45, 7) is 14.5. The number of aromatic nitrogens is 3. The van der Waals surface area contributed by atoms with Crippen LogP contribution in [0.1, 0.15) is 42.4 Å². The fourth-order valence-electron chi connectivity index (χ4n) is 3.33. The van der Waals surface area contributed by atoms with Crippen LogP contribution in [-0.2, 0) is 6.54 Å². The van der Waals surface area contributed by atoms with Gasteiger partial charge in [-0.3, -0.25) is 14.4 Å². The molecule has 2 heterocycles. The van der Waals surface area contributed by atoms with Crippen LogP contribution in [0.5, 0.6) is 0 Å². The van der Waals surface area contributed by atoms with E-state index in [9.17, 15) is 4.79 Å². The van der Waals surface area contributed by atoms with Gasteiger partial charge in [-0.15, -0.1) is 0 Å². The minimum absolute atomic E-state index is 0.0900. The van der Waals surface area contributed by atoms with Crippen molar-refractivity contribution < 1.29 is 4.79 Å². The third kappa shape index (κ3) is 4.25. The summed E-state index contributed by atoms with van der Waals surface area (Å²) in [5, 5.41) is 5.16. The smallest absolute Gasteiger partial charge is 0.280 e. The van der Waals surface area contributed by atoms with Crippen molar-refractivity contribution in [2.45, 2.75) is 41.2 Å². The van der Waals surface area contributed by atoms with Crippen molar-refractivity contribution in [3.8, 4) is 0 Å². The van der Waals surface area contributed by atoms with E-state index in [1.54, 1.807) is 27.0 Å². The Balaban J connectivity index is 1.97. The van der Waals surface area contributed by atoms with Crippen LogP contribution in [0.3, 0.4) is 0 Å². The zero-order valence-electron chi connectivity index (χ0n) is 17.4. The van der Waals surface area contributed by atoms with Crippen molar-refractivity contribution >= 4 is 32.6 Å². The van der Waals surface area contributed by atoms with E-state index in [1.807, 2.05) is 13.1 Å². The Morgan fingerprint density at radius 2 is 1.89 bits per heavy atom. The van der Waals surface area contributed by atoms with Gasteiger partial charge in [0.15, 0.2) is 10.8 Å². The largest absolute Gasteiger partial charge is 0.302 e. The fourth-order valence-corrected chi connectivity index (χ4v) is 4.50. The van der Waals surface area contributed by atoms with Crippen molar-refractivity contribution in [2.24, 2.45) is 0 Å². The van der Waals surface area contributed by atoms with Gasteiger partial charge in [-0.1, -0.05) is 31.3 Å². The fraction of sp³-hybridized carbons (Fsp3) is 0.476. The molecular formula is C21H29N5OS. The Kier molecular flexibility index (Phi) is 6.46. The van der Waals surface area contributed by atoms with E-state index < -0.39 is 0 Å². The highest BCUT2D eigenvalue weighted by Gasteiger charge is 2.24. The van der Waals surface area contributed by atoms with Crippen molar-refractivity contribution in [3.63, 3.8) is 0 Å². The number of hydrogen-bond donors (Lipinski definition) is 0. The summed E-state index contributed by atoms with van der Waals surface area (Å²) in [6.07, 6.45) is 1.85. The maximum Gasteiger partial charge on any atom is 0.280 e. The number of anilines is 1. The molecule has 150 valence electrons. The topological polar surface area (TPSA) is 54.3 Å². The van der Waals surface area contributed by atoms with Gasteiger partial charge >= 0.3 is 0 Å². The van der Waals surface area contributed by atoms with Gasteiger partial charge in [0.2, 0.25) is 0 Å². The molecule has 0 fully saturated rings. The van der Waals surface area contributed by atoms with Gasteiger partial charge in [0.05, 0.1) is 10.2 Å². The van der Waals surface area contributed by atoms with Gasteiger partial charge in [-0.2, -0.15) is 5.10 Å². The van der Waals surface area contributed by atoms with Crippen LogP contribution in [0.2, 0.25) is 0 Å². The zero-order chi connectivity index (χ0) is 20.3. The lowest BCUT2D eigenvalue weighted by Gasteiger charge is -2.24. The highest BCUT2D eigenvalue weighted by molar-refractivity contribution is 7.22. The van der Waals surface area contributed by atoms with Gasteiger partial charge < -0.3 is 4.90 Å². The van der Waals surface area contributed by atoms with E-state index in [-0.39, 0.29) is 5.91 Å². The minimum atomic E-state index is -0.0900. The Morgan fingerprint density at radius 1 is 1.14 bits per heavy atom. The first kappa shape index (κ1) is 20.5. The first-order chi connectivity index (χ1) is 13.5. The van der Waals surface area contributed by atoms with Gasteiger partial charge in [0.1, 0.15) is 0 Å². The number of carbonyl (C=O) groups is 1. The van der Waals surface area contributed by atoms with E-state index in [1.165, 1.54) is 5.56 Å². The van der Waals surface area contributed by atoms with Gasteiger partial charge in [-0.05, 0) is 57.1 Å². The molecule has 0 radical (unpaired) electrons. The number of aryl methyl sites for hydroxylation is 3. The van der Waals surface area contributed by atoms with Crippen LogP contribution >= 0.6 is 11.3 Å². The molecule has 0 bridgehead atoms. The highest BCUT2D eigenvalue weighted by atomic mass is 32.1. The average molecular weight is 400 g/mol. The van der Waals surface area contributed by atoms with Crippen molar-refractivity contribution in [3.05, 3.63) is 41.2 Å². The maximum atomic E-state index is 13.3. The van der Waals surface area contributed by atoms with Crippen molar-refractivity contribution in [1.82, 2.24) is 19.7 Å². The Morgan fingerprint density at radius 3 is 2.54 bits per heavy atom.